The molecule has 0 aliphatic carbocycles. The Morgan fingerprint density at radius 3 is 2.50 bits per heavy atom. The summed E-state index contributed by atoms with van der Waals surface area (Å²) in [6.07, 6.45) is 2.58. The summed E-state index contributed by atoms with van der Waals surface area (Å²) in [6, 6.07) is -0.589. The number of ether oxygens (including phenoxy) is 1. The number of likely N-dealkylation sites (tertiary alicyclic amines) is 1. The van der Waals surface area contributed by atoms with E-state index in [4.69, 9.17) is 4.74 Å². The number of aromatic nitrogens is 2. The lowest BCUT2D eigenvalue weighted by Gasteiger charge is -2.37. The average molecular weight is 391 g/mol. The van der Waals surface area contributed by atoms with Gasteiger partial charge in [0.05, 0.1) is 18.4 Å². The highest BCUT2D eigenvalue weighted by Crippen LogP contribution is 2.26. The second-order valence-corrected chi connectivity index (χ2v) is 8.47. The molecule has 1 saturated heterocycles. The Hall–Kier alpha value is -2.58. The number of carbonyl (C=O) groups excluding carboxylic acids is 3. The van der Waals surface area contributed by atoms with Crippen LogP contribution in [0.25, 0.3) is 0 Å². The fraction of sp³-hybridized carbons (Fsp3) is 0.684. The summed E-state index contributed by atoms with van der Waals surface area (Å²) in [7, 11) is 0. The Kier molecular flexibility index (Phi) is 5.36. The van der Waals surface area contributed by atoms with Gasteiger partial charge in [-0.25, -0.2) is 14.6 Å². The monoisotopic (exact) mass is 391 g/mol. The Morgan fingerprint density at radius 1 is 1.29 bits per heavy atom. The maximum atomic E-state index is 12.6. The molecular weight excluding hydrogens is 362 g/mol. The number of hydrogen-bond acceptors (Lipinski definition) is 5. The molecule has 28 heavy (non-hydrogen) atoms. The number of nitrogens with zero attached hydrogens (tertiary/aromatic N) is 4. The van der Waals surface area contributed by atoms with Gasteiger partial charge in [0, 0.05) is 19.1 Å². The molecule has 0 bridgehead atoms. The number of hydrogen-bond donors (Lipinski definition) is 1. The number of aryl methyl sites for hydroxylation is 1. The molecule has 1 aromatic heterocycles. The summed E-state index contributed by atoms with van der Waals surface area (Å²) in [6.45, 7) is 10.5. The van der Waals surface area contributed by atoms with Crippen molar-refractivity contribution >= 4 is 18.0 Å². The van der Waals surface area contributed by atoms with Crippen molar-refractivity contribution in [2.24, 2.45) is 0 Å². The molecule has 0 aromatic carbocycles. The maximum Gasteiger partial charge on any atom is 0.408 e. The van der Waals surface area contributed by atoms with E-state index >= 15 is 0 Å². The second-order valence-electron chi connectivity index (χ2n) is 8.47. The number of rotatable bonds is 3. The third-order valence-electron chi connectivity index (χ3n) is 5.10. The molecule has 0 unspecified atom stereocenters. The van der Waals surface area contributed by atoms with Crippen LogP contribution >= 0.6 is 0 Å². The zero-order valence-corrected chi connectivity index (χ0v) is 17.2. The first kappa shape index (κ1) is 20.2. The van der Waals surface area contributed by atoms with Gasteiger partial charge in [0.2, 0.25) is 5.91 Å². The Bertz CT molecular complexity index is 774. The predicted octanol–water partition coefficient (Wildman–Crippen LogP) is 1.88. The fourth-order valence-corrected chi connectivity index (χ4v) is 3.74. The minimum Gasteiger partial charge on any atom is -0.444 e. The number of carbonyl (C=O) groups is 3. The highest BCUT2D eigenvalue weighted by Gasteiger charge is 2.37. The lowest BCUT2D eigenvalue weighted by atomic mass is 10.0. The van der Waals surface area contributed by atoms with Crippen LogP contribution in [0.4, 0.5) is 9.59 Å². The van der Waals surface area contributed by atoms with Crippen LogP contribution in [-0.4, -0.2) is 68.2 Å². The molecule has 0 saturated carbocycles. The van der Waals surface area contributed by atoms with Crippen LogP contribution in [0.5, 0.6) is 0 Å². The number of nitrogens with one attached hydrogen (secondary N) is 1. The van der Waals surface area contributed by atoms with E-state index in [1.54, 1.807) is 43.4 Å². The molecule has 1 aromatic rings. The van der Waals surface area contributed by atoms with Crippen molar-refractivity contribution in [1.82, 2.24) is 24.7 Å². The van der Waals surface area contributed by atoms with Gasteiger partial charge in [-0.2, -0.15) is 0 Å². The quantitative estimate of drug-likeness (QED) is 0.849. The minimum absolute atomic E-state index is 0.0327. The Balaban J connectivity index is 1.51. The van der Waals surface area contributed by atoms with E-state index < -0.39 is 17.7 Å². The van der Waals surface area contributed by atoms with Gasteiger partial charge >= 0.3 is 12.1 Å². The van der Waals surface area contributed by atoms with Gasteiger partial charge in [0.25, 0.3) is 0 Å². The van der Waals surface area contributed by atoms with Crippen LogP contribution in [0.3, 0.4) is 0 Å². The molecule has 2 aliphatic heterocycles. The number of fused-ring (bicyclic) bond motifs is 1. The van der Waals surface area contributed by atoms with Crippen molar-refractivity contribution < 1.29 is 19.1 Å². The molecule has 0 radical (unpaired) electrons. The van der Waals surface area contributed by atoms with Crippen molar-refractivity contribution in [3.8, 4) is 0 Å². The van der Waals surface area contributed by atoms with Crippen LogP contribution in [0.1, 0.15) is 52.1 Å². The molecule has 9 nitrogen and oxygen atoms in total. The van der Waals surface area contributed by atoms with Gasteiger partial charge in [0.1, 0.15) is 17.5 Å². The van der Waals surface area contributed by atoms with Crippen LogP contribution in [0, 0.1) is 6.92 Å². The number of imidazole rings is 1. The van der Waals surface area contributed by atoms with Gasteiger partial charge in [-0.15, -0.1) is 0 Å². The minimum atomic E-state index is -0.658. The lowest BCUT2D eigenvalue weighted by molar-refractivity contribution is -0.134. The van der Waals surface area contributed by atoms with Crippen molar-refractivity contribution in [3.05, 3.63) is 17.7 Å². The van der Waals surface area contributed by atoms with E-state index in [0.29, 0.717) is 38.3 Å². The van der Waals surface area contributed by atoms with Crippen LogP contribution < -0.4 is 5.32 Å². The van der Waals surface area contributed by atoms with E-state index in [0.717, 1.165) is 5.69 Å². The molecule has 9 heteroatoms. The summed E-state index contributed by atoms with van der Waals surface area (Å²) >= 11 is 0. The number of amides is 3. The summed E-state index contributed by atoms with van der Waals surface area (Å²) in [5, 5.41) is 2.59. The molecule has 0 spiro atoms. The summed E-state index contributed by atoms with van der Waals surface area (Å²) in [5.41, 5.74) is 0.302. The molecule has 3 rings (SSSR count). The largest absolute Gasteiger partial charge is 0.444 e. The van der Waals surface area contributed by atoms with Crippen LogP contribution in [0.2, 0.25) is 0 Å². The van der Waals surface area contributed by atoms with Crippen LogP contribution in [-0.2, 0) is 16.1 Å². The smallest absolute Gasteiger partial charge is 0.408 e. The van der Waals surface area contributed by atoms with Gasteiger partial charge < -0.3 is 19.9 Å². The molecule has 1 N–H and O–H groups in total. The third kappa shape index (κ3) is 4.13. The fourth-order valence-electron chi connectivity index (χ4n) is 3.74. The number of piperidine rings is 1. The van der Waals surface area contributed by atoms with E-state index in [-0.39, 0.29) is 18.0 Å². The van der Waals surface area contributed by atoms with E-state index in [2.05, 4.69) is 10.3 Å². The van der Waals surface area contributed by atoms with Crippen molar-refractivity contribution in [2.75, 3.05) is 13.1 Å². The predicted molar refractivity (Wildman–Crippen MR) is 102 cm³/mol. The zero-order valence-electron chi connectivity index (χ0n) is 17.2. The van der Waals surface area contributed by atoms with E-state index in [1.165, 1.54) is 0 Å². The molecule has 154 valence electrons. The molecule has 3 heterocycles. The molecule has 1 fully saturated rings. The van der Waals surface area contributed by atoms with Crippen LogP contribution in [0.15, 0.2) is 6.20 Å². The van der Waals surface area contributed by atoms with Crippen molar-refractivity contribution in [1.29, 1.82) is 0 Å². The maximum absolute atomic E-state index is 12.6. The highest BCUT2D eigenvalue weighted by molar-refractivity contribution is 5.85. The summed E-state index contributed by atoms with van der Waals surface area (Å²) in [4.78, 5) is 45.0. The van der Waals surface area contributed by atoms with E-state index in [9.17, 15) is 14.4 Å². The summed E-state index contributed by atoms with van der Waals surface area (Å²) in [5.74, 6) is 0.570. The average Bonchev–Trinajstić information content (AvgIpc) is 3.13. The zero-order chi connectivity index (χ0) is 20.6. The van der Waals surface area contributed by atoms with Gasteiger partial charge in [-0.1, -0.05) is 0 Å². The van der Waals surface area contributed by atoms with Gasteiger partial charge in [0.15, 0.2) is 0 Å². The van der Waals surface area contributed by atoms with Gasteiger partial charge in [-0.05, 0) is 47.5 Å². The summed E-state index contributed by atoms with van der Waals surface area (Å²) < 4.78 is 6.86. The topological polar surface area (TPSA) is 96.8 Å². The third-order valence-corrected chi connectivity index (χ3v) is 5.10. The molecule has 3 amide bonds. The first-order valence-corrected chi connectivity index (χ1v) is 9.69. The number of alkyl carbamates (subject to hydrolysis) is 1. The molecule has 1 atom stereocenters. The van der Waals surface area contributed by atoms with Crippen molar-refractivity contribution in [2.45, 2.75) is 71.7 Å². The standard InChI is InChI=1S/C19H29N5O4/c1-12(21-17(26)28-19(3,4)5)16(25)22-8-6-14(7-9-22)23-11-15-10-20-13(2)24(15)18(23)27/h10,12,14H,6-9,11H2,1-5H3,(H,21,26)/t12-/m1/s1. The second kappa shape index (κ2) is 7.44. The van der Waals surface area contributed by atoms with Gasteiger partial charge in [-0.3, -0.25) is 9.36 Å². The molecule has 2 aliphatic rings. The normalized spacial score (nSPS) is 18.8. The van der Waals surface area contributed by atoms with E-state index in [1.807, 2.05) is 11.8 Å². The molecular formula is C19H29N5O4. The Labute approximate surface area is 165 Å². The lowest BCUT2D eigenvalue weighted by Crippen LogP contribution is -2.52. The first-order valence-electron chi connectivity index (χ1n) is 9.69. The Morgan fingerprint density at radius 2 is 1.93 bits per heavy atom. The first-order chi connectivity index (χ1) is 13.1. The SMILES string of the molecule is Cc1ncc2n1C(=O)N(C1CCN(C(=O)[C@@H](C)NC(=O)OC(C)(C)C)CC1)C2. The highest BCUT2D eigenvalue weighted by atomic mass is 16.6. The van der Waals surface area contributed by atoms with Crippen molar-refractivity contribution in [3.63, 3.8) is 0 Å².